The number of ether oxygens (including phenoxy) is 1. The number of hydrogen-bond donors (Lipinski definition) is 2. The molecule has 0 aromatic heterocycles. The molecular formula is C9H19N3O. The van der Waals surface area contributed by atoms with Crippen molar-refractivity contribution in [1.29, 1.82) is 5.41 Å². The molecule has 1 rings (SSSR count). The van der Waals surface area contributed by atoms with Crippen LogP contribution in [0.25, 0.3) is 0 Å². The molecule has 0 bridgehead atoms. The molecule has 4 nitrogen and oxygen atoms in total. The van der Waals surface area contributed by atoms with E-state index in [4.69, 9.17) is 15.9 Å². The van der Waals surface area contributed by atoms with Gasteiger partial charge in [-0.15, -0.1) is 0 Å². The molecule has 0 aromatic rings. The van der Waals surface area contributed by atoms with E-state index in [0.29, 0.717) is 6.10 Å². The molecule has 76 valence electrons. The molecule has 3 N–H and O–H groups in total. The van der Waals surface area contributed by atoms with Crippen LogP contribution in [0.15, 0.2) is 0 Å². The van der Waals surface area contributed by atoms with Crippen LogP contribution in [-0.2, 0) is 4.74 Å². The predicted octanol–water partition coefficient (Wildman–Crippen LogP) is 0.422. The van der Waals surface area contributed by atoms with Gasteiger partial charge in [-0.1, -0.05) is 0 Å². The zero-order valence-corrected chi connectivity index (χ0v) is 8.42. The lowest BCUT2D eigenvalue weighted by atomic mass is 10.1. The number of nitrogens with two attached hydrogens (primary N) is 1. The van der Waals surface area contributed by atoms with E-state index in [0.717, 1.165) is 25.9 Å². The third-order valence-electron chi connectivity index (χ3n) is 2.81. The number of nitrogens with one attached hydrogen (secondary N) is 1. The van der Waals surface area contributed by atoms with Crippen LogP contribution >= 0.6 is 0 Å². The van der Waals surface area contributed by atoms with Gasteiger partial charge in [-0.2, -0.15) is 0 Å². The average Bonchev–Trinajstić information content (AvgIpc) is 2.17. The van der Waals surface area contributed by atoms with Gasteiger partial charge in [0.15, 0.2) is 0 Å². The molecule has 0 saturated carbocycles. The van der Waals surface area contributed by atoms with E-state index in [9.17, 15) is 0 Å². The van der Waals surface area contributed by atoms with Gasteiger partial charge < -0.3 is 10.5 Å². The molecule has 1 heterocycles. The minimum atomic E-state index is 0.0813. The second-order valence-corrected chi connectivity index (χ2v) is 3.60. The van der Waals surface area contributed by atoms with E-state index >= 15 is 0 Å². The highest BCUT2D eigenvalue weighted by Gasteiger charge is 2.23. The summed E-state index contributed by atoms with van der Waals surface area (Å²) in [6.45, 7) is 3.95. The van der Waals surface area contributed by atoms with Crippen molar-refractivity contribution in [3.8, 4) is 0 Å². The van der Waals surface area contributed by atoms with Crippen molar-refractivity contribution in [1.82, 2.24) is 4.90 Å². The van der Waals surface area contributed by atoms with Crippen LogP contribution in [-0.4, -0.2) is 43.1 Å². The Morgan fingerprint density at radius 2 is 2.08 bits per heavy atom. The molecular weight excluding hydrogens is 166 g/mol. The molecule has 0 aromatic carbocycles. The smallest absolute Gasteiger partial charge is 0.108 e. The summed E-state index contributed by atoms with van der Waals surface area (Å²) >= 11 is 0. The van der Waals surface area contributed by atoms with E-state index in [1.54, 1.807) is 7.11 Å². The quantitative estimate of drug-likeness (QED) is 0.495. The van der Waals surface area contributed by atoms with Gasteiger partial charge in [0.2, 0.25) is 0 Å². The largest absolute Gasteiger partial charge is 0.386 e. The van der Waals surface area contributed by atoms with Crippen molar-refractivity contribution in [2.45, 2.75) is 31.9 Å². The van der Waals surface area contributed by atoms with E-state index in [1.165, 1.54) is 0 Å². The highest BCUT2D eigenvalue weighted by Crippen LogP contribution is 2.14. The van der Waals surface area contributed by atoms with Crippen molar-refractivity contribution in [2.24, 2.45) is 5.73 Å². The van der Waals surface area contributed by atoms with Gasteiger partial charge in [0.05, 0.1) is 12.1 Å². The van der Waals surface area contributed by atoms with Gasteiger partial charge in [-0.25, -0.2) is 0 Å². The molecule has 1 aliphatic heterocycles. The standard InChI is InChI=1S/C9H19N3O/c1-7(9(10)11)12-5-3-8(13-2)4-6-12/h7-8H,3-6H2,1-2H3,(H3,10,11). The summed E-state index contributed by atoms with van der Waals surface area (Å²) in [5.41, 5.74) is 5.44. The zero-order valence-electron chi connectivity index (χ0n) is 8.42. The van der Waals surface area contributed by atoms with Crippen molar-refractivity contribution >= 4 is 5.84 Å². The van der Waals surface area contributed by atoms with E-state index in [2.05, 4.69) is 4.90 Å². The molecule has 0 radical (unpaired) electrons. The maximum absolute atomic E-state index is 7.34. The Kier molecular flexibility index (Phi) is 3.69. The van der Waals surface area contributed by atoms with Gasteiger partial charge in [0.1, 0.15) is 5.84 Å². The highest BCUT2D eigenvalue weighted by molar-refractivity contribution is 5.82. The summed E-state index contributed by atoms with van der Waals surface area (Å²) in [5, 5.41) is 7.34. The van der Waals surface area contributed by atoms with Gasteiger partial charge in [-0.3, -0.25) is 10.3 Å². The first-order valence-corrected chi connectivity index (χ1v) is 4.76. The first kappa shape index (κ1) is 10.5. The average molecular weight is 185 g/mol. The molecule has 1 unspecified atom stereocenters. The van der Waals surface area contributed by atoms with Crippen molar-refractivity contribution in [3.63, 3.8) is 0 Å². The number of nitrogens with zero attached hydrogens (tertiary/aromatic N) is 1. The minimum absolute atomic E-state index is 0.0813. The summed E-state index contributed by atoms with van der Waals surface area (Å²) < 4.78 is 5.27. The molecule has 1 saturated heterocycles. The van der Waals surface area contributed by atoms with Gasteiger partial charge in [0.25, 0.3) is 0 Å². The molecule has 4 heteroatoms. The van der Waals surface area contributed by atoms with Crippen LogP contribution in [0.5, 0.6) is 0 Å². The lowest BCUT2D eigenvalue weighted by Gasteiger charge is -2.34. The normalized spacial score (nSPS) is 22.9. The number of hydrogen-bond acceptors (Lipinski definition) is 3. The monoisotopic (exact) mass is 185 g/mol. The van der Waals surface area contributed by atoms with Crippen molar-refractivity contribution in [2.75, 3.05) is 20.2 Å². The maximum atomic E-state index is 7.34. The van der Waals surface area contributed by atoms with Crippen LogP contribution in [0, 0.1) is 5.41 Å². The summed E-state index contributed by atoms with van der Waals surface area (Å²) in [5.74, 6) is 0.260. The fourth-order valence-electron chi connectivity index (χ4n) is 1.70. The number of amidine groups is 1. The van der Waals surface area contributed by atoms with Gasteiger partial charge >= 0.3 is 0 Å². The lowest BCUT2D eigenvalue weighted by Crippen LogP contribution is -2.47. The summed E-state index contributed by atoms with van der Waals surface area (Å²) in [6.07, 6.45) is 2.50. The number of piperidine rings is 1. The Morgan fingerprint density at radius 3 is 2.46 bits per heavy atom. The number of rotatable bonds is 3. The van der Waals surface area contributed by atoms with Gasteiger partial charge in [-0.05, 0) is 19.8 Å². The molecule has 1 fully saturated rings. The number of methoxy groups -OCH3 is 1. The second kappa shape index (κ2) is 4.58. The molecule has 0 spiro atoms. The first-order valence-electron chi connectivity index (χ1n) is 4.76. The highest BCUT2D eigenvalue weighted by atomic mass is 16.5. The van der Waals surface area contributed by atoms with E-state index in [-0.39, 0.29) is 11.9 Å². The molecule has 1 atom stereocenters. The topological polar surface area (TPSA) is 62.3 Å². The Labute approximate surface area is 79.6 Å². The zero-order chi connectivity index (χ0) is 9.84. The van der Waals surface area contributed by atoms with Crippen LogP contribution in [0.4, 0.5) is 0 Å². The van der Waals surface area contributed by atoms with Gasteiger partial charge in [0, 0.05) is 20.2 Å². The molecule has 1 aliphatic rings. The Bertz CT molecular complexity index is 176. The molecule has 0 aliphatic carbocycles. The summed E-state index contributed by atoms with van der Waals surface area (Å²) in [7, 11) is 1.76. The van der Waals surface area contributed by atoms with Crippen molar-refractivity contribution in [3.05, 3.63) is 0 Å². The molecule has 13 heavy (non-hydrogen) atoms. The maximum Gasteiger partial charge on any atom is 0.108 e. The Hall–Kier alpha value is -0.610. The second-order valence-electron chi connectivity index (χ2n) is 3.60. The number of likely N-dealkylation sites (tertiary alicyclic amines) is 1. The third-order valence-corrected chi connectivity index (χ3v) is 2.81. The fraction of sp³-hybridized carbons (Fsp3) is 0.889. The SMILES string of the molecule is COC1CCN(C(C)C(=N)N)CC1. The Balaban J connectivity index is 2.36. The van der Waals surface area contributed by atoms with Crippen LogP contribution in [0.1, 0.15) is 19.8 Å². The van der Waals surface area contributed by atoms with Crippen LogP contribution in [0.2, 0.25) is 0 Å². The van der Waals surface area contributed by atoms with Crippen molar-refractivity contribution < 1.29 is 4.74 Å². The van der Waals surface area contributed by atoms with Crippen LogP contribution < -0.4 is 5.73 Å². The van der Waals surface area contributed by atoms with E-state index < -0.39 is 0 Å². The first-order chi connectivity index (χ1) is 6.15. The van der Waals surface area contributed by atoms with E-state index in [1.807, 2.05) is 6.92 Å². The lowest BCUT2D eigenvalue weighted by molar-refractivity contribution is 0.0372. The Morgan fingerprint density at radius 1 is 1.54 bits per heavy atom. The predicted molar refractivity (Wildman–Crippen MR) is 53.0 cm³/mol. The minimum Gasteiger partial charge on any atom is -0.386 e. The molecule has 0 amide bonds. The fourth-order valence-corrected chi connectivity index (χ4v) is 1.70. The van der Waals surface area contributed by atoms with Crippen LogP contribution in [0.3, 0.4) is 0 Å². The summed E-state index contributed by atoms with van der Waals surface area (Å²) in [6, 6.07) is 0.0813. The summed E-state index contributed by atoms with van der Waals surface area (Å²) in [4.78, 5) is 2.23. The third kappa shape index (κ3) is 2.67.